The maximum Gasteiger partial charge on any atom is 0.268 e. The number of rotatable bonds is 6. The Morgan fingerprint density at radius 3 is 2.52 bits per heavy atom. The number of hydrogen-bond acceptors (Lipinski definition) is 5. The molecule has 3 rings (SSSR count). The number of nitrogens with zero attached hydrogens (tertiary/aromatic N) is 2. The number of fused-ring (bicyclic) bond motifs is 1. The number of Topliss-reactive ketones (excluding diaryl/α,β-unsaturated/α-hetero) is 1. The van der Waals surface area contributed by atoms with Crippen LogP contribution in [0.1, 0.15) is 37.0 Å². The first-order chi connectivity index (χ1) is 13.8. The summed E-state index contributed by atoms with van der Waals surface area (Å²) in [5.74, 6) is -0.108. The SMILES string of the molecule is CCCC(=O)c1ccc2c(c1)N(CC(=O)N(C)c1ccc(O)cc1)C(=O)C(C)O2. The van der Waals surface area contributed by atoms with E-state index in [1.54, 1.807) is 44.3 Å². The van der Waals surface area contributed by atoms with Crippen molar-refractivity contribution in [2.45, 2.75) is 32.8 Å². The van der Waals surface area contributed by atoms with Gasteiger partial charge in [-0.25, -0.2) is 0 Å². The molecule has 152 valence electrons. The summed E-state index contributed by atoms with van der Waals surface area (Å²) in [5, 5.41) is 9.42. The lowest BCUT2D eigenvalue weighted by Crippen LogP contribution is -2.49. The van der Waals surface area contributed by atoms with Gasteiger partial charge in [-0.05, 0) is 55.8 Å². The number of phenols is 1. The molecule has 0 fully saturated rings. The highest BCUT2D eigenvalue weighted by atomic mass is 16.5. The third-order valence-corrected chi connectivity index (χ3v) is 4.87. The largest absolute Gasteiger partial charge is 0.508 e. The lowest BCUT2D eigenvalue weighted by molar-refractivity contribution is -0.127. The highest BCUT2D eigenvalue weighted by Crippen LogP contribution is 2.35. The molecule has 0 spiro atoms. The molecule has 0 aliphatic carbocycles. The second-order valence-electron chi connectivity index (χ2n) is 7.01. The number of aromatic hydroxyl groups is 1. The van der Waals surface area contributed by atoms with Gasteiger partial charge in [0.2, 0.25) is 5.91 Å². The number of amides is 2. The standard InChI is InChI=1S/C22H24N2O5/c1-4-5-19(26)15-6-11-20-18(12-15)24(22(28)14(2)29-20)13-21(27)23(3)16-7-9-17(25)10-8-16/h6-12,14,25H,4-5,13H2,1-3H3. The predicted molar refractivity (Wildman–Crippen MR) is 110 cm³/mol. The fraction of sp³-hybridized carbons (Fsp3) is 0.318. The van der Waals surface area contributed by atoms with Gasteiger partial charge in [-0.1, -0.05) is 6.92 Å². The zero-order chi connectivity index (χ0) is 21.1. The number of anilines is 2. The normalized spacial score (nSPS) is 15.5. The molecule has 0 saturated heterocycles. The van der Waals surface area contributed by atoms with Crippen LogP contribution in [0.4, 0.5) is 11.4 Å². The van der Waals surface area contributed by atoms with Gasteiger partial charge in [-0.15, -0.1) is 0 Å². The summed E-state index contributed by atoms with van der Waals surface area (Å²) in [4.78, 5) is 40.7. The number of likely N-dealkylation sites (N-methyl/N-ethyl adjacent to an activating group) is 1. The number of phenolic OH excluding ortho intramolecular Hbond substituents is 1. The summed E-state index contributed by atoms with van der Waals surface area (Å²) in [5.41, 5.74) is 1.50. The number of hydrogen-bond donors (Lipinski definition) is 1. The van der Waals surface area contributed by atoms with Gasteiger partial charge in [0.1, 0.15) is 18.0 Å². The molecule has 0 bridgehead atoms. The van der Waals surface area contributed by atoms with E-state index >= 15 is 0 Å². The maximum absolute atomic E-state index is 12.8. The van der Waals surface area contributed by atoms with Crippen LogP contribution in [0.15, 0.2) is 42.5 Å². The Morgan fingerprint density at radius 2 is 1.86 bits per heavy atom. The molecule has 1 aliphatic heterocycles. The van der Waals surface area contributed by atoms with Gasteiger partial charge in [-0.3, -0.25) is 19.3 Å². The summed E-state index contributed by atoms with van der Waals surface area (Å²) < 4.78 is 5.65. The van der Waals surface area contributed by atoms with E-state index in [9.17, 15) is 19.5 Å². The van der Waals surface area contributed by atoms with E-state index in [1.807, 2.05) is 6.92 Å². The molecule has 1 aliphatic rings. The lowest BCUT2D eigenvalue weighted by atomic mass is 10.0. The first-order valence-corrected chi connectivity index (χ1v) is 9.52. The molecule has 0 aromatic heterocycles. The molecular weight excluding hydrogens is 372 g/mol. The van der Waals surface area contributed by atoms with E-state index in [4.69, 9.17) is 4.74 Å². The summed E-state index contributed by atoms with van der Waals surface area (Å²) in [6.45, 7) is 3.36. The number of benzene rings is 2. The number of carbonyl (C=O) groups is 3. The molecule has 2 aromatic rings. The lowest BCUT2D eigenvalue weighted by Gasteiger charge is -2.33. The molecular formula is C22H24N2O5. The third kappa shape index (κ3) is 4.23. The minimum atomic E-state index is -0.730. The van der Waals surface area contributed by atoms with Gasteiger partial charge in [-0.2, -0.15) is 0 Å². The van der Waals surface area contributed by atoms with Crippen LogP contribution in [-0.4, -0.2) is 42.4 Å². The van der Waals surface area contributed by atoms with Crippen molar-refractivity contribution in [3.63, 3.8) is 0 Å². The van der Waals surface area contributed by atoms with Crippen LogP contribution in [0, 0.1) is 0 Å². The molecule has 1 N–H and O–H groups in total. The van der Waals surface area contributed by atoms with Crippen LogP contribution >= 0.6 is 0 Å². The average Bonchev–Trinajstić information content (AvgIpc) is 2.71. The molecule has 2 amide bonds. The van der Waals surface area contributed by atoms with Crippen LogP contribution < -0.4 is 14.5 Å². The number of ketones is 1. The van der Waals surface area contributed by atoms with Crippen molar-refractivity contribution in [1.29, 1.82) is 0 Å². The van der Waals surface area contributed by atoms with Crippen molar-refractivity contribution in [3.8, 4) is 11.5 Å². The zero-order valence-electron chi connectivity index (χ0n) is 16.7. The van der Waals surface area contributed by atoms with Crippen molar-refractivity contribution >= 4 is 29.0 Å². The van der Waals surface area contributed by atoms with Crippen LogP contribution in [0.5, 0.6) is 11.5 Å². The van der Waals surface area contributed by atoms with E-state index in [0.717, 1.165) is 6.42 Å². The van der Waals surface area contributed by atoms with Gasteiger partial charge < -0.3 is 14.7 Å². The Kier molecular flexibility index (Phi) is 5.87. The first-order valence-electron chi connectivity index (χ1n) is 9.52. The molecule has 1 atom stereocenters. The number of carbonyl (C=O) groups excluding carboxylic acids is 3. The van der Waals surface area contributed by atoms with Crippen LogP contribution in [0.3, 0.4) is 0 Å². The smallest absolute Gasteiger partial charge is 0.268 e. The third-order valence-electron chi connectivity index (χ3n) is 4.87. The van der Waals surface area contributed by atoms with E-state index in [1.165, 1.54) is 21.9 Å². The van der Waals surface area contributed by atoms with Crippen molar-refractivity contribution in [2.24, 2.45) is 0 Å². The molecule has 2 aromatic carbocycles. The Labute approximate surface area is 169 Å². The van der Waals surface area contributed by atoms with E-state index in [0.29, 0.717) is 29.1 Å². The van der Waals surface area contributed by atoms with E-state index in [2.05, 4.69) is 0 Å². The van der Waals surface area contributed by atoms with Crippen LogP contribution in [-0.2, 0) is 9.59 Å². The molecule has 1 unspecified atom stereocenters. The van der Waals surface area contributed by atoms with Crippen molar-refractivity contribution in [3.05, 3.63) is 48.0 Å². The summed E-state index contributed by atoms with van der Waals surface area (Å²) in [7, 11) is 1.60. The summed E-state index contributed by atoms with van der Waals surface area (Å²) >= 11 is 0. The Morgan fingerprint density at radius 1 is 1.17 bits per heavy atom. The Hall–Kier alpha value is -3.35. The Balaban J connectivity index is 1.89. The van der Waals surface area contributed by atoms with E-state index < -0.39 is 6.10 Å². The maximum atomic E-state index is 12.8. The average molecular weight is 396 g/mol. The second-order valence-corrected chi connectivity index (χ2v) is 7.01. The molecule has 1 heterocycles. The van der Waals surface area contributed by atoms with Crippen molar-refractivity contribution in [2.75, 3.05) is 23.4 Å². The summed E-state index contributed by atoms with van der Waals surface area (Å²) in [6, 6.07) is 11.2. The van der Waals surface area contributed by atoms with E-state index in [-0.39, 0.29) is 29.9 Å². The molecule has 29 heavy (non-hydrogen) atoms. The highest BCUT2D eigenvalue weighted by Gasteiger charge is 2.34. The fourth-order valence-electron chi connectivity index (χ4n) is 3.18. The Bertz CT molecular complexity index is 939. The zero-order valence-corrected chi connectivity index (χ0v) is 16.7. The molecule has 0 radical (unpaired) electrons. The van der Waals surface area contributed by atoms with Gasteiger partial charge in [0.05, 0.1) is 5.69 Å². The first kappa shape index (κ1) is 20.4. The monoisotopic (exact) mass is 396 g/mol. The minimum Gasteiger partial charge on any atom is -0.508 e. The highest BCUT2D eigenvalue weighted by molar-refractivity contribution is 6.08. The van der Waals surface area contributed by atoms with Crippen LogP contribution in [0.25, 0.3) is 0 Å². The minimum absolute atomic E-state index is 0.0196. The summed E-state index contributed by atoms with van der Waals surface area (Å²) in [6.07, 6.45) is 0.403. The van der Waals surface area contributed by atoms with Gasteiger partial charge in [0, 0.05) is 24.7 Å². The fourth-order valence-corrected chi connectivity index (χ4v) is 3.18. The van der Waals surface area contributed by atoms with Crippen molar-refractivity contribution in [1.82, 2.24) is 0 Å². The quantitative estimate of drug-likeness (QED) is 0.758. The second kappa shape index (κ2) is 8.34. The van der Waals surface area contributed by atoms with Crippen LogP contribution in [0.2, 0.25) is 0 Å². The predicted octanol–water partition coefficient (Wildman–Crippen LogP) is 3.15. The topological polar surface area (TPSA) is 87.2 Å². The van der Waals surface area contributed by atoms with Gasteiger partial charge in [0.25, 0.3) is 5.91 Å². The molecule has 7 nitrogen and oxygen atoms in total. The molecule has 7 heteroatoms. The van der Waals surface area contributed by atoms with Gasteiger partial charge in [0.15, 0.2) is 11.9 Å². The molecule has 0 saturated carbocycles. The number of ether oxygens (including phenoxy) is 1. The van der Waals surface area contributed by atoms with Gasteiger partial charge >= 0.3 is 0 Å². The van der Waals surface area contributed by atoms with Crippen molar-refractivity contribution < 1.29 is 24.2 Å².